The van der Waals surface area contributed by atoms with Gasteiger partial charge in [0, 0.05) is 13.0 Å². The number of amides is 1. The molecule has 1 aromatic heterocycles. The molecule has 0 saturated heterocycles. The van der Waals surface area contributed by atoms with E-state index in [0.29, 0.717) is 11.6 Å². The molecule has 6 heteroatoms. The predicted octanol–water partition coefficient (Wildman–Crippen LogP) is 1.91. The van der Waals surface area contributed by atoms with Gasteiger partial charge in [0.1, 0.15) is 0 Å². The van der Waals surface area contributed by atoms with E-state index < -0.39 is 17.9 Å². The number of carbonyl (C=O) groups is 2. The topological polar surface area (TPSA) is 92.4 Å². The van der Waals surface area contributed by atoms with Gasteiger partial charge in [0.05, 0.1) is 12.1 Å². The molecule has 0 radical (unpaired) electrons. The van der Waals surface area contributed by atoms with E-state index in [1.54, 1.807) is 13.8 Å². The van der Waals surface area contributed by atoms with Gasteiger partial charge >= 0.3 is 5.97 Å². The van der Waals surface area contributed by atoms with E-state index in [-0.39, 0.29) is 17.6 Å². The Morgan fingerprint density at radius 3 is 2.32 bits per heavy atom. The van der Waals surface area contributed by atoms with Crippen LogP contribution in [0, 0.1) is 19.3 Å². The van der Waals surface area contributed by atoms with Crippen molar-refractivity contribution in [3.05, 3.63) is 17.3 Å². The van der Waals surface area contributed by atoms with Crippen LogP contribution in [0.15, 0.2) is 4.42 Å². The molecule has 0 aliphatic heterocycles. The van der Waals surface area contributed by atoms with Crippen molar-refractivity contribution in [3.8, 4) is 0 Å². The molecule has 1 heterocycles. The molecule has 0 aliphatic carbocycles. The quantitative estimate of drug-likeness (QED) is 0.870. The number of carbonyl (C=O) groups excluding carboxylic acids is 1. The Kier molecular flexibility index (Phi) is 4.34. The molecular formula is C13H20N2O4. The normalized spacial score (nSPS) is 13.1. The standard InChI is InChI=1S/C13H20N2O4/c1-7-11(19-8(2)14-7)12(18)15-9(6-10(16)17)13(3,4)5/h9H,6H2,1-5H3,(H,15,18)(H,16,17). The number of rotatable bonds is 4. The van der Waals surface area contributed by atoms with Crippen LogP contribution in [0.25, 0.3) is 0 Å². The number of aryl methyl sites for hydroxylation is 2. The molecule has 0 bridgehead atoms. The van der Waals surface area contributed by atoms with E-state index >= 15 is 0 Å². The van der Waals surface area contributed by atoms with Crippen molar-refractivity contribution in [1.29, 1.82) is 0 Å². The first-order valence-corrected chi connectivity index (χ1v) is 6.08. The zero-order valence-electron chi connectivity index (χ0n) is 11.9. The van der Waals surface area contributed by atoms with Crippen LogP contribution in [-0.2, 0) is 4.79 Å². The van der Waals surface area contributed by atoms with Gasteiger partial charge in [-0.05, 0) is 12.3 Å². The van der Waals surface area contributed by atoms with Crippen molar-refractivity contribution in [2.45, 2.75) is 47.1 Å². The maximum atomic E-state index is 12.1. The summed E-state index contributed by atoms with van der Waals surface area (Å²) in [6.45, 7) is 8.95. The van der Waals surface area contributed by atoms with Crippen LogP contribution in [0.5, 0.6) is 0 Å². The number of carboxylic acids is 1. The molecule has 1 aromatic rings. The average Bonchev–Trinajstić information content (AvgIpc) is 2.54. The van der Waals surface area contributed by atoms with Gasteiger partial charge in [-0.15, -0.1) is 0 Å². The third-order valence-corrected chi connectivity index (χ3v) is 2.84. The molecule has 2 N–H and O–H groups in total. The third-order valence-electron chi connectivity index (χ3n) is 2.84. The number of aromatic nitrogens is 1. The molecule has 0 aliphatic rings. The molecule has 0 aromatic carbocycles. The Balaban J connectivity index is 2.88. The SMILES string of the molecule is Cc1nc(C)c(C(=O)NC(CC(=O)O)C(C)(C)C)o1. The zero-order chi connectivity index (χ0) is 14.8. The lowest BCUT2D eigenvalue weighted by molar-refractivity contribution is -0.138. The molecule has 19 heavy (non-hydrogen) atoms. The lowest BCUT2D eigenvalue weighted by atomic mass is 9.84. The minimum Gasteiger partial charge on any atom is -0.481 e. The third kappa shape index (κ3) is 4.08. The van der Waals surface area contributed by atoms with E-state index in [1.807, 2.05) is 20.8 Å². The first kappa shape index (κ1) is 15.2. The smallest absolute Gasteiger partial charge is 0.305 e. The van der Waals surface area contributed by atoms with Crippen LogP contribution < -0.4 is 5.32 Å². The molecule has 6 nitrogen and oxygen atoms in total. The zero-order valence-corrected chi connectivity index (χ0v) is 11.9. The molecule has 1 unspecified atom stereocenters. The number of aliphatic carboxylic acids is 1. The van der Waals surface area contributed by atoms with E-state index in [2.05, 4.69) is 10.3 Å². The number of nitrogens with zero attached hydrogens (tertiary/aromatic N) is 1. The predicted molar refractivity (Wildman–Crippen MR) is 68.9 cm³/mol. The number of hydrogen-bond donors (Lipinski definition) is 2. The number of nitrogens with one attached hydrogen (secondary N) is 1. The van der Waals surface area contributed by atoms with Gasteiger partial charge in [0.2, 0.25) is 5.76 Å². The summed E-state index contributed by atoms with van der Waals surface area (Å²) < 4.78 is 5.22. The van der Waals surface area contributed by atoms with Gasteiger partial charge in [-0.2, -0.15) is 0 Å². The van der Waals surface area contributed by atoms with Gasteiger partial charge in [0.15, 0.2) is 5.89 Å². The molecule has 0 saturated carbocycles. The molecule has 0 fully saturated rings. The van der Waals surface area contributed by atoms with Gasteiger partial charge in [-0.3, -0.25) is 9.59 Å². The van der Waals surface area contributed by atoms with Crippen LogP contribution in [0.1, 0.15) is 49.3 Å². The summed E-state index contributed by atoms with van der Waals surface area (Å²) in [6, 6.07) is -0.484. The number of hydrogen-bond acceptors (Lipinski definition) is 4. The van der Waals surface area contributed by atoms with Gasteiger partial charge in [-0.1, -0.05) is 20.8 Å². The summed E-state index contributed by atoms with van der Waals surface area (Å²) in [5.41, 5.74) is 0.134. The minimum atomic E-state index is -0.953. The van der Waals surface area contributed by atoms with Crippen LogP contribution in [-0.4, -0.2) is 28.0 Å². The average molecular weight is 268 g/mol. The molecule has 1 amide bonds. The summed E-state index contributed by atoms with van der Waals surface area (Å²) in [5, 5.41) is 11.6. The number of oxazole rings is 1. The largest absolute Gasteiger partial charge is 0.481 e. The lowest BCUT2D eigenvalue weighted by Gasteiger charge is -2.30. The van der Waals surface area contributed by atoms with E-state index in [4.69, 9.17) is 9.52 Å². The van der Waals surface area contributed by atoms with Gasteiger partial charge < -0.3 is 14.8 Å². The highest BCUT2D eigenvalue weighted by molar-refractivity contribution is 5.92. The second-order valence-electron chi connectivity index (χ2n) is 5.64. The van der Waals surface area contributed by atoms with Crippen LogP contribution in [0.2, 0.25) is 0 Å². The first-order valence-electron chi connectivity index (χ1n) is 6.08. The maximum Gasteiger partial charge on any atom is 0.305 e. The van der Waals surface area contributed by atoms with Gasteiger partial charge in [0.25, 0.3) is 5.91 Å². The second kappa shape index (κ2) is 5.42. The van der Waals surface area contributed by atoms with E-state index in [0.717, 1.165) is 0 Å². The van der Waals surface area contributed by atoms with Crippen molar-refractivity contribution in [2.24, 2.45) is 5.41 Å². The highest BCUT2D eigenvalue weighted by Gasteiger charge is 2.30. The van der Waals surface area contributed by atoms with Crippen molar-refractivity contribution < 1.29 is 19.1 Å². The Morgan fingerprint density at radius 1 is 1.37 bits per heavy atom. The second-order valence-corrected chi connectivity index (χ2v) is 5.64. The molecule has 1 rings (SSSR count). The fourth-order valence-corrected chi connectivity index (χ4v) is 1.71. The lowest BCUT2D eigenvalue weighted by Crippen LogP contribution is -2.45. The summed E-state index contributed by atoms with van der Waals surface area (Å²) in [7, 11) is 0. The van der Waals surface area contributed by atoms with E-state index in [9.17, 15) is 9.59 Å². The summed E-state index contributed by atoms with van der Waals surface area (Å²) in [4.78, 5) is 27.0. The van der Waals surface area contributed by atoms with E-state index in [1.165, 1.54) is 0 Å². The Hall–Kier alpha value is -1.85. The fourth-order valence-electron chi connectivity index (χ4n) is 1.71. The highest BCUT2D eigenvalue weighted by atomic mass is 16.4. The summed E-state index contributed by atoms with van der Waals surface area (Å²) in [6.07, 6.45) is -0.137. The first-order chi connectivity index (χ1) is 8.61. The number of carboxylic acid groups (broad SMARTS) is 1. The van der Waals surface area contributed by atoms with Crippen molar-refractivity contribution in [2.75, 3.05) is 0 Å². The highest BCUT2D eigenvalue weighted by Crippen LogP contribution is 2.22. The fraction of sp³-hybridized carbons (Fsp3) is 0.615. The molecule has 106 valence electrons. The Morgan fingerprint density at radius 2 is 1.95 bits per heavy atom. The van der Waals surface area contributed by atoms with Crippen LogP contribution in [0.4, 0.5) is 0 Å². The maximum absolute atomic E-state index is 12.1. The molecule has 1 atom stereocenters. The summed E-state index contributed by atoms with van der Waals surface area (Å²) in [5.74, 6) is -0.838. The van der Waals surface area contributed by atoms with Gasteiger partial charge in [-0.25, -0.2) is 4.98 Å². The van der Waals surface area contributed by atoms with Crippen molar-refractivity contribution in [1.82, 2.24) is 10.3 Å². The van der Waals surface area contributed by atoms with Crippen molar-refractivity contribution >= 4 is 11.9 Å². The summed E-state index contributed by atoms with van der Waals surface area (Å²) >= 11 is 0. The van der Waals surface area contributed by atoms with Crippen LogP contribution >= 0.6 is 0 Å². The Labute approximate surface area is 112 Å². The van der Waals surface area contributed by atoms with Crippen molar-refractivity contribution in [3.63, 3.8) is 0 Å². The molecular weight excluding hydrogens is 248 g/mol. The monoisotopic (exact) mass is 268 g/mol. The minimum absolute atomic E-state index is 0.136. The Bertz CT molecular complexity index is 485. The molecule has 0 spiro atoms. The van der Waals surface area contributed by atoms with Crippen LogP contribution in [0.3, 0.4) is 0 Å².